The van der Waals surface area contributed by atoms with Crippen LogP contribution >= 0.6 is 0 Å². The van der Waals surface area contributed by atoms with Crippen LogP contribution in [-0.2, 0) is 11.3 Å². The van der Waals surface area contributed by atoms with Crippen LogP contribution in [0.25, 0.3) is 0 Å². The summed E-state index contributed by atoms with van der Waals surface area (Å²) in [6.45, 7) is 2.57. The molecule has 2 rings (SSSR count). The van der Waals surface area contributed by atoms with E-state index in [1.807, 2.05) is 25.1 Å². The molecule has 0 aliphatic rings. The molecule has 2 aromatic carbocycles. The van der Waals surface area contributed by atoms with Gasteiger partial charge >= 0.3 is 5.97 Å². The van der Waals surface area contributed by atoms with Crippen LogP contribution in [0.5, 0.6) is 5.75 Å². The van der Waals surface area contributed by atoms with Crippen LogP contribution in [0.2, 0.25) is 0 Å². The Labute approximate surface area is 135 Å². The third-order valence-corrected chi connectivity index (χ3v) is 3.66. The minimum absolute atomic E-state index is 0.0179. The molecular formula is C18H20FNO3. The van der Waals surface area contributed by atoms with Crippen molar-refractivity contribution in [2.45, 2.75) is 19.5 Å². The number of carbonyl (C=O) groups is 1. The lowest BCUT2D eigenvalue weighted by molar-refractivity contribution is 0.0600. The fraction of sp³-hybridized carbons (Fsp3) is 0.278. The molecule has 0 bridgehead atoms. The van der Waals surface area contributed by atoms with E-state index in [0.717, 1.165) is 11.1 Å². The standard InChI is InChI=1S/C18H20FNO3/c1-12(15-8-9-17(22-2)16(19)10-15)20-11-13-4-6-14(7-5-13)18(21)23-3/h4-10,12,20H,11H2,1-3H3. The van der Waals surface area contributed by atoms with Crippen LogP contribution in [0.1, 0.15) is 34.5 Å². The summed E-state index contributed by atoms with van der Waals surface area (Å²) in [5.74, 6) is -0.494. The summed E-state index contributed by atoms with van der Waals surface area (Å²) >= 11 is 0. The summed E-state index contributed by atoms with van der Waals surface area (Å²) in [7, 11) is 2.80. The maximum absolute atomic E-state index is 13.7. The lowest BCUT2D eigenvalue weighted by atomic mass is 10.1. The van der Waals surface area contributed by atoms with Gasteiger partial charge in [-0.25, -0.2) is 9.18 Å². The molecule has 122 valence electrons. The molecule has 23 heavy (non-hydrogen) atoms. The first-order valence-corrected chi connectivity index (χ1v) is 7.29. The fourth-order valence-corrected chi connectivity index (χ4v) is 2.22. The Morgan fingerprint density at radius 2 is 1.87 bits per heavy atom. The number of esters is 1. The van der Waals surface area contributed by atoms with Crippen molar-refractivity contribution in [1.29, 1.82) is 0 Å². The number of ether oxygens (including phenoxy) is 2. The van der Waals surface area contributed by atoms with E-state index in [9.17, 15) is 9.18 Å². The predicted octanol–water partition coefficient (Wildman–Crippen LogP) is 3.47. The molecule has 0 saturated carbocycles. The molecule has 0 heterocycles. The van der Waals surface area contributed by atoms with Gasteiger partial charge in [-0.2, -0.15) is 0 Å². The number of benzene rings is 2. The largest absolute Gasteiger partial charge is 0.494 e. The summed E-state index contributed by atoms with van der Waals surface area (Å²) in [4.78, 5) is 11.4. The Kier molecular flexibility index (Phi) is 5.71. The van der Waals surface area contributed by atoms with Gasteiger partial charge in [0.05, 0.1) is 19.8 Å². The van der Waals surface area contributed by atoms with Crippen LogP contribution in [0.15, 0.2) is 42.5 Å². The number of methoxy groups -OCH3 is 2. The number of carbonyl (C=O) groups excluding carboxylic acids is 1. The average Bonchev–Trinajstić information content (AvgIpc) is 2.59. The number of hydrogen-bond acceptors (Lipinski definition) is 4. The molecule has 0 saturated heterocycles. The van der Waals surface area contributed by atoms with E-state index in [1.165, 1.54) is 20.3 Å². The monoisotopic (exact) mass is 317 g/mol. The normalized spacial score (nSPS) is 11.8. The fourth-order valence-electron chi connectivity index (χ4n) is 2.22. The molecule has 1 atom stereocenters. The second-order valence-corrected chi connectivity index (χ2v) is 5.19. The van der Waals surface area contributed by atoms with E-state index in [2.05, 4.69) is 10.1 Å². The minimum Gasteiger partial charge on any atom is -0.494 e. The molecule has 0 radical (unpaired) electrons. The van der Waals surface area contributed by atoms with E-state index in [-0.39, 0.29) is 23.6 Å². The van der Waals surface area contributed by atoms with E-state index < -0.39 is 0 Å². The summed E-state index contributed by atoms with van der Waals surface area (Å²) in [5.41, 5.74) is 2.38. The van der Waals surface area contributed by atoms with Crippen molar-refractivity contribution in [3.63, 3.8) is 0 Å². The van der Waals surface area contributed by atoms with E-state index >= 15 is 0 Å². The highest BCUT2D eigenvalue weighted by Crippen LogP contribution is 2.22. The van der Waals surface area contributed by atoms with Crippen LogP contribution in [0.3, 0.4) is 0 Å². The van der Waals surface area contributed by atoms with Crippen molar-refractivity contribution >= 4 is 5.97 Å². The van der Waals surface area contributed by atoms with Gasteiger partial charge in [0, 0.05) is 12.6 Å². The van der Waals surface area contributed by atoms with E-state index in [1.54, 1.807) is 18.2 Å². The van der Waals surface area contributed by atoms with Crippen molar-refractivity contribution in [3.8, 4) is 5.75 Å². The maximum atomic E-state index is 13.7. The van der Waals surface area contributed by atoms with E-state index in [0.29, 0.717) is 12.1 Å². The van der Waals surface area contributed by atoms with Gasteiger partial charge in [0.1, 0.15) is 0 Å². The van der Waals surface area contributed by atoms with Crippen LogP contribution in [0, 0.1) is 5.82 Å². The lowest BCUT2D eigenvalue weighted by Crippen LogP contribution is -2.18. The molecule has 0 aliphatic carbocycles. The summed E-state index contributed by atoms with van der Waals surface area (Å²) in [5, 5.41) is 3.32. The molecule has 0 aromatic heterocycles. The zero-order chi connectivity index (χ0) is 16.8. The third kappa shape index (κ3) is 4.29. The minimum atomic E-state index is -0.374. The average molecular weight is 317 g/mol. The quantitative estimate of drug-likeness (QED) is 0.829. The van der Waals surface area contributed by atoms with Gasteiger partial charge in [0.25, 0.3) is 0 Å². The van der Waals surface area contributed by atoms with Crippen LogP contribution in [0.4, 0.5) is 4.39 Å². The second-order valence-electron chi connectivity index (χ2n) is 5.19. The molecule has 0 aliphatic heterocycles. The zero-order valence-electron chi connectivity index (χ0n) is 13.4. The van der Waals surface area contributed by atoms with Gasteiger partial charge < -0.3 is 14.8 Å². The van der Waals surface area contributed by atoms with Gasteiger partial charge in [-0.05, 0) is 42.3 Å². The van der Waals surface area contributed by atoms with E-state index in [4.69, 9.17) is 4.74 Å². The van der Waals surface area contributed by atoms with Gasteiger partial charge in [-0.1, -0.05) is 18.2 Å². The third-order valence-electron chi connectivity index (χ3n) is 3.66. The number of halogens is 1. The molecule has 0 spiro atoms. The number of nitrogens with one attached hydrogen (secondary N) is 1. The first kappa shape index (κ1) is 17.0. The Morgan fingerprint density at radius 3 is 2.43 bits per heavy atom. The predicted molar refractivity (Wildman–Crippen MR) is 86.0 cm³/mol. The van der Waals surface area contributed by atoms with Crippen LogP contribution < -0.4 is 10.1 Å². The molecule has 0 fully saturated rings. The highest BCUT2D eigenvalue weighted by Gasteiger charge is 2.10. The summed E-state index contributed by atoms with van der Waals surface area (Å²) < 4.78 is 23.3. The Balaban J connectivity index is 1.97. The van der Waals surface area contributed by atoms with Crippen LogP contribution in [-0.4, -0.2) is 20.2 Å². The zero-order valence-corrected chi connectivity index (χ0v) is 13.4. The molecule has 1 N–H and O–H groups in total. The molecule has 0 amide bonds. The first-order chi connectivity index (χ1) is 11.0. The summed E-state index contributed by atoms with van der Waals surface area (Å²) in [6, 6.07) is 12.1. The topological polar surface area (TPSA) is 47.6 Å². The maximum Gasteiger partial charge on any atom is 0.337 e. The molecule has 2 aromatic rings. The first-order valence-electron chi connectivity index (χ1n) is 7.29. The second kappa shape index (κ2) is 7.74. The van der Waals surface area contributed by atoms with Gasteiger partial charge in [-0.15, -0.1) is 0 Å². The highest BCUT2D eigenvalue weighted by molar-refractivity contribution is 5.89. The lowest BCUT2D eigenvalue weighted by Gasteiger charge is -2.15. The van der Waals surface area contributed by atoms with Crippen molar-refractivity contribution < 1.29 is 18.7 Å². The van der Waals surface area contributed by atoms with Gasteiger partial charge in [-0.3, -0.25) is 0 Å². The van der Waals surface area contributed by atoms with Crippen molar-refractivity contribution in [2.75, 3.05) is 14.2 Å². The molecular weight excluding hydrogens is 297 g/mol. The highest BCUT2D eigenvalue weighted by atomic mass is 19.1. The van der Waals surface area contributed by atoms with Crippen molar-refractivity contribution in [3.05, 3.63) is 65.0 Å². The molecule has 5 heteroatoms. The Bertz CT molecular complexity index is 670. The van der Waals surface area contributed by atoms with Gasteiger partial charge in [0.2, 0.25) is 0 Å². The number of hydrogen-bond donors (Lipinski definition) is 1. The number of rotatable bonds is 6. The van der Waals surface area contributed by atoms with Crippen molar-refractivity contribution in [2.24, 2.45) is 0 Å². The van der Waals surface area contributed by atoms with Gasteiger partial charge in [0.15, 0.2) is 11.6 Å². The Morgan fingerprint density at radius 1 is 1.17 bits per heavy atom. The van der Waals surface area contributed by atoms with Crippen molar-refractivity contribution in [1.82, 2.24) is 5.32 Å². The smallest absolute Gasteiger partial charge is 0.337 e. The molecule has 4 nitrogen and oxygen atoms in total. The Hall–Kier alpha value is -2.40. The summed E-state index contributed by atoms with van der Waals surface area (Å²) in [6.07, 6.45) is 0. The SMILES string of the molecule is COC(=O)c1ccc(CNC(C)c2ccc(OC)c(F)c2)cc1. The molecule has 1 unspecified atom stereocenters.